The second kappa shape index (κ2) is 10.8. The van der Waals surface area contributed by atoms with Crippen LogP contribution in [0, 0.1) is 11.6 Å². The van der Waals surface area contributed by atoms with Gasteiger partial charge in [-0.05, 0) is 97.8 Å². The van der Waals surface area contributed by atoms with Crippen LogP contribution in [0.25, 0.3) is 0 Å². The monoisotopic (exact) mass is 528 g/mol. The summed E-state index contributed by atoms with van der Waals surface area (Å²) in [7, 11) is 0. The zero-order chi connectivity index (χ0) is 26.9. The van der Waals surface area contributed by atoms with Gasteiger partial charge >= 0.3 is 6.18 Å². The van der Waals surface area contributed by atoms with Gasteiger partial charge in [-0.1, -0.05) is 30.3 Å². The Labute approximate surface area is 218 Å². The number of nitrogens with zero attached hydrogens (tertiary/aromatic N) is 2. The predicted molar refractivity (Wildman–Crippen MR) is 135 cm³/mol. The van der Waals surface area contributed by atoms with Gasteiger partial charge in [0, 0.05) is 18.7 Å². The molecular formula is C30H29F5N2O. The molecule has 0 radical (unpaired) electrons. The molecule has 1 amide bonds. The number of halogens is 5. The normalized spacial score (nSPS) is 18.9. The molecule has 3 nitrogen and oxygen atoms in total. The van der Waals surface area contributed by atoms with Crippen LogP contribution in [0.1, 0.15) is 63.8 Å². The van der Waals surface area contributed by atoms with E-state index in [9.17, 15) is 26.7 Å². The van der Waals surface area contributed by atoms with Crippen LogP contribution in [-0.4, -0.2) is 41.9 Å². The second-order valence-corrected chi connectivity index (χ2v) is 10.1. The number of carbonyl (C=O) groups is 1. The van der Waals surface area contributed by atoms with Gasteiger partial charge < -0.3 is 9.80 Å². The number of benzene rings is 3. The van der Waals surface area contributed by atoms with E-state index in [1.807, 2.05) is 6.07 Å². The predicted octanol–water partition coefficient (Wildman–Crippen LogP) is 6.99. The first-order valence-electron chi connectivity index (χ1n) is 12.9. The van der Waals surface area contributed by atoms with Gasteiger partial charge in [-0.2, -0.15) is 13.2 Å². The van der Waals surface area contributed by atoms with Crippen LogP contribution >= 0.6 is 0 Å². The summed E-state index contributed by atoms with van der Waals surface area (Å²) in [6.07, 6.45) is -1.86. The van der Waals surface area contributed by atoms with E-state index in [0.29, 0.717) is 42.6 Å². The van der Waals surface area contributed by atoms with E-state index in [2.05, 4.69) is 4.90 Å². The Hall–Kier alpha value is -3.26. The number of likely N-dealkylation sites (tertiary alicyclic amines) is 1. The lowest BCUT2D eigenvalue weighted by Crippen LogP contribution is -2.42. The number of amides is 1. The topological polar surface area (TPSA) is 23.6 Å². The van der Waals surface area contributed by atoms with Gasteiger partial charge in [-0.25, -0.2) is 8.78 Å². The Morgan fingerprint density at radius 1 is 0.895 bits per heavy atom. The molecule has 0 N–H and O–H groups in total. The summed E-state index contributed by atoms with van der Waals surface area (Å²) >= 11 is 0. The lowest BCUT2D eigenvalue weighted by atomic mass is 9.87. The first-order chi connectivity index (χ1) is 18.2. The van der Waals surface area contributed by atoms with Crippen LogP contribution in [0.15, 0.2) is 66.7 Å². The molecular weight excluding hydrogens is 499 g/mol. The van der Waals surface area contributed by atoms with Crippen LogP contribution in [0.5, 0.6) is 0 Å². The fourth-order valence-corrected chi connectivity index (χ4v) is 5.78. The van der Waals surface area contributed by atoms with Gasteiger partial charge in [-0.3, -0.25) is 4.79 Å². The number of hydrogen-bond donors (Lipinski definition) is 0. The minimum absolute atomic E-state index is 0.0644. The fraction of sp³-hybridized carbons (Fsp3) is 0.367. The van der Waals surface area contributed by atoms with E-state index in [4.69, 9.17) is 0 Å². The van der Waals surface area contributed by atoms with Gasteiger partial charge in [0.05, 0.1) is 11.6 Å². The van der Waals surface area contributed by atoms with Gasteiger partial charge in [-0.15, -0.1) is 0 Å². The molecule has 3 aromatic carbocycles. The van der Waals surface area contributed by atoms with E-state index >= 15 is 0 Å². The molecule has 1 saturated heterocycles. The Kier molecular flexibility index (Phi) is 7.52. The molecule has 38 heavy (non-hydrogen) atoms. The summed E-state index contributed by atoms with van der Waals surface area (Å²) in [4.78, 5) is 17.4. The summed E-state index contributed by atoms with van der Waals surface area (Å²) in [6, 6.07) is 15.7. The van der Waals surface area contributed by atoms with Crippen molar-refractivity contribution in [3.05, 3.63) is 106 Å². The van der Waals surface area contributed by atoms with Crippen molar-refractivity contribution < 1.29 is 26.7 Å². The molecule has 1 atom stereocenters. The van der Waals surface area contributed by atoms with Crippen LogP contribution in [0.4, 0.5) is 22.0 Å². The maximum Gasteiger partial charge on any atom is 0.416 e. The molecule has 2 aliphatic rings. The van der Waals surface area contributed by atoms with E-state index in [1.165, 1.54) is 42.5 Å². The highest BCUT2D eigenvalue weighted by Crippen LogP contribution is 2.37. The standard InChI is InChI=1S/C30H29F5N2O/c31-24-9-7-21(8-10-24)29(38)37-18-13-25-26(5-2-6-27(25)32)28(37)14-17-36-15-11-20(12-16-36)22-3-1-4-23(19-22)30(33,34)35/h1-10,19-20,28H,11-18H2. The van der Waals surface area contributed by atoms with Gasteiger partial charge in [0.15, 0.2) is 0 Å². The van der Waals surface area contributed by atoms with Crippen molar-refractivity contribution in [1.29, 1.82) is 0 Å². The smallest absolute Gasteiger partial charge is 0.331 e. The van der Waals surface area contributed by atoms with Crippen LogP contribution < -0.4 is 0 Å². The molecule has 8 heteroatoms. The zero-order valence-electron chi connectivity index (χ0n) is 20.9. The second-order valence-electron chi connectivity index (χ2n) is 10.1. The average Bonchev–Trinajstić information content (AvgIpc) is 2.92. The number of piperidine rings is 1. The third-order valence-corrected chi connectivity index (χ3v) is 7.84. The number of alkyl halides is 3. The summed E-state index contributed by atoms with van der Waals surface area (Å²) in [5.74, 6) is -0.844. The van der Waals surface area contributed by atoms with Crippen molar-refractivity contribution in [3.8, 4) is 0 Å². The Morgan fingerprint density at radius 2 is 1.61 bits per heavy atom. The van der Waals surface area contributed by atoms with E-state index in [-0.39, 0.29) is 23.7 Å². The van der Waals surface area contributed by atoms with E-state index < -0.39 is 17.6 Å². The van der Waals surface area contributed by atoms with Crippen LogP contribution in [0.2, 0.25) is 0 Å². The summed E-state index contributed by atoms with van der Waals surface area (Å²) < 4.78 is 67.5. The first-order valence-corrected chi connectivity index (χ1v) is 12.9. The maximum atomic E-state index is 14.6. The van der Waals surface area contributed by atoms with Crippen molar-refractivity contribution in [2.45, 2.75) is 43.8 Å². The molecule has 1 unspecified atom stereocenters. The largest absolute Gasteiger partial charge is 0.416 e. The molecule has 0 bridgehead atoms. The minimum Gasteiger partial charge on any atom is -0.331 e. The lowest BCUT2D eigenvalue weighted by molar-refractivity contribution is -0.137. The zero-order valence-corrected chi connectivity index (χ0v) is 20.9. The number of hydrogen-bond acceptors (Lipinski definition) is 2. The van der Waals surface area contributed by atoms with Gasteiger partial charge in [0.2, 0.25) is 0 Å². The maximum absolute atomic E-state index is 14.6. The highest BCUT2D eigenvalue weighted by atomic mass is 19.4. The Morgan fingerprint density at radius 3 is 2.32 bits per heavy atom. The van der Waals surface area contributed by atoms with Crippen molar-refractivity contribution in [2.75, 3.05) is 26.2 Å². The molecule has 0 aliphatic carbocycles. The van der Waals surface area contributed by atoms with Gasteiger partial charge in [0.1, 0.15) is 11.6 Å². The highest BCUT2D eigenvalue weighted by molar-refractivity contribution is 5.94. The van der Waals surface area contributed by atoms with Crippen LogP contribution in [0.3, 0.4) is 0 Å². The number of fused-ring (bicyclic) bond motifs is 1. The molecule has 0 aromatic heterocycles. The molecule has 3 aromatic rings. The van der Waals surface area contributed by atoms with Crippen molar-refractivity contribution in [1.82, 2.24) is 9.80 Å². The third kappa shape index (κ3) is 5.60. The highest BCUT2D eigenvalue weighted by Gasteiger charge is 2.34. The van der Waals surface area contributed by atoms with Gasteiger partial charge in [0.25, 0.3) is 5.91 Å². The van der Waals surface area contributed by atoms with Crippen molar-refractivity contribution in [3.63, 3.8) is 0 Å². The fourth-order valence-electron chi connectivity index (χ4n) is 5.78. The Bertz CT molecular complexity index is 1280. The summed E-state index contributed by atoms with van der Waals surface area (Å²) in [6.45, 7) is 2.50. The molecule has 0 spiro atoms. The van der Waals surface area contributed by atoms with Crippen molar-refractivity contribution in [2.24, 2.45) is 0 Å². The van der Waals surface area contributed by atoms with Crippen LogP contribution in [-0.2, 0) is 12.6 Å². The molecule has 2 aliphatic heterocycles. The van der Waals surface area contributed by atoms with Crippen molar-refractivity contribution >= 4 is 5.91 Å². The molecule has 5 rings (SSSR count). The SMILES string of the molecule is O=C(c1ccc(F)cc1)N1CCc2c(F)cccc2C1CCN1CCC(c2cccc(C(F)(F)F)c2)CC1. The lowest BCUT2D eigenvalue weighted by Gasteiger charge is -2.39. The summed E-state index contributed by atoms with van der Waals surface area (Å²) in [5, 5.41) is 0. The van der Waals surface area contributed by atoms with E-state index in [1.54, 1.807) is 17.0 Å². The first kappa shape index (κ1) is 26.4. The quantitative estimate of drug-likeness (QED) is 0.333. The molecule has 0 saturated carbocycles. The summed E-state index contributed by atoms with van der Waals surface area (Å²) in [5.41, 5.74) is 1.91. The number of rotatable bonds is 5. The molecule has 200 valence electrons. The molecule has 2 heterocycles. The Balaban J connectivity index is 1.28. The molecule has 1 fully saturated rings. The van der Waals surface area contributed by atoms with E-state index in [0.717, 1.165) is 37.6 Å². The number of carbonyl (C=O) groups excluding carboxylic acids is 1. The third-order valence-electron chi connectivity index (χ3n) is 7.84. The minimum atomic E-state index is -4.36. The average molecular weight is 529 g/mol.